The summed E-state index contributed by atoms with van der Waals surface area (Å²) in [4.78, 5) is 27.6. The first-order valence-electron chi connectivity index (χ1n) is 10.7. The van der Waals surface area contributed by atoms with Crippen molar-refractivity contribution in [2.45, 2.75) is 66.1 Å². The van der Waals surface area contributed by atoms with E-state index in [-0.39, 0.29) is 24.5 Å². The van der Waals surface area contributed by atoms with Crippen molar-refractivity contribution in [2.24, 2.45) is 0 Å². The number of nitrogens with one attached hydrogen (secondary N) is 1. The second-order valence-corrected chi connectivity index (χ2v) is 7.82. The van der Waals surface area contributed by atoms with E-state index < -0.39 is 6.04 Å². The largest absolute Gasteiger partial charge is 0.484 e. The molecule has 0 aliphatic carbocycles. The summed E-state index contributed by atoms with van der Waals surface area (Å²) in [6.07, 6.45) is 1.48. The number of rotatable bonds is 10. The minimum Gasteiger partial charge on any atom is -0.484 e. The maximum Gasteiger partial charge on any atom is 0.261 e. The molecule has 0 aromatic heterocycles. The molecule has 162 valence electrons. The van der Waals surface area contributed by atoms with Gasteiger partial charge in [0.15, 0.2) is 6.61 Å². The van der Waals surface area contributed by atoms with Gasteiger partial charge < -0.3 is 15.0 Å². The molecule has 0 bridgehead atoms. The Morgan fingerprint density at radius 3 is 2.27 bits per heavy atom. The Kier molecular flexibility index (Phi) is 8.90. The first-order chi connectivity index (χ1) is 14.3. The van der Waals surface area contributed by atoms with E-state index in [2.05, 4.69) is 12.2 Å². The van der Waals surface area contributed by atoms with Crippen LogP contribution in [0, 0.1) is 6.92 Å². The Morgan fingerprint density at radius 1 is 1.03 bits per heavy atom. The minimum atomic E-state index is -0.550. The number of carbonyl (C=O) groups excluding carboxylic acids is 2. The maximum atomic E-state index is 13.2. The van der Waals surface area contributed by atoms with Crippen LogP contribution < -0.4 is 10.1 Å². The van der Waals surface area contributed by atoms with E-state index in [1.54, 1.807) is 4.90 Å². The number of benzene rings is 2. The molecule has 5 nitrogen and oxygen atoms in total. The summed E-state index contributed by atoms with van der Waals surface area (Å²) in [5.41, 5.74) is 3.32. The van der Waals surface area contributed by atoms with E-state index in [4.69, 9.17) is 4.74 Å². The smallest absolute Gasteiger partial charge is 0.261 e. The molecule has 5 heteroatoms. The molecule has 2 rings (SSSR count). The number of nitrogens with zero attached hydrogens (tertiary/aromatic N) is 1. The normalized spacial score (nSPS) is 11.8. The minimum absolute atomic E-state index is 0.00953. The van der Waals surface area contributed by atoms with E-state index in [9.17, 15) is 9.59 Å². The molecule has 1 N–H and O–H groups in total. The van der Waals surface area contributed by atoms with E-state index in [0.29, 0.717) is 18.7 Å². The molecule has 0 unspecified atom stereocenters. The van der Waals surface area contributed by atoms with Crippen LogP contribution in [0.4, 0.5) is 0 Å². The van der Waals surface area contributed by atoms with Gasteiger partial charge in [0, 0.05) is 12.6 Å². The molecule has 0 spiro atoms. The van der Waals surface area contributed by atoms with Crippen molar-refractivity contribution in [2.75, 3.05) is 6.61 Å². The Balaban J connectivity index is 2.20. The summed E-state index contributed by atoms with van der Waals surface area (Å²) in [6.45, 7) is 10.1. The lowest BCUT2D eigenvalue weighted by Gasteiger charge is -2.31. The molecule has 0 heterocycles. The molecule has 30 heavy (non-hydrogen) atoms. The third-order valence-electron chi connectivity index (χ3n) is 5.11. The molecule has 2 aromatic carbocycles. The van der Waals surface area contributed by atoms with Crippen molar-refractivity contribution in [1.29, 1.82) is 0 Å². The van der Waals surface area contributed by atoms with Crippen molar-refractivity contribution in [3.05, 3.63) is 65.2 Å². The van der Waals surface area contributed by atoms with Gasteiger partial charge in [-0.05, 0) is 62.4 Å². The zero-order valence-electron chi connectivity index (χ0n) is 18.8. The molecule has 0 fully saturated rings. The number of amides is 2. The number of ether oxygens (including phenoxy) is 1. The fraction of sp³-hybridized carbons (Fsp3) is 0.440. The van der Waals surface area contributed by atoms with Crippen LogP contribution in [0.15, 0.2) is 48.5 Å². The molecule has 0 aliphatic heterocycles. The van der Waals surface area contributed by atoms with E-state index >= 15 is 0 Å². The summed E-state index contributed by atoms with van der Waals surface area (Å²) in [7, 11) is 0. The topological polar surface area (TPSA) is 58.6 Å². The van der Waals surface area contributed by atoms with E-state index in [0.717, 1.165) is 17.5 Å². The van der Waals surface area contributed by atoms with Crippen LogP contribution in [0.25, 0.3) is 0 Å². The zero-order valence-corrected chi connectivity index (χ0v) is 18.8. The van der Waals surface area contributed by atoms with Crippen LogP contribution in [0.5, 0.6) is 5.75 Å². The monoisotopic (exact) mass is 410 g/mol. The molecule has 0 aliphatic rings. The lowest BCUT2D eigenvalue weighted by molar-refractivity contribution is -0.143. The first kappa shape index (κ1) is 23.5. The predicted octanol–water partition coefficient (Wildman–Crippen LogP) is 4.27. The maximum absolute atomic E-state index is 13.2. The van der Waals surface area contributed by atoms with Gasteiger partial charge in [-0.3, -0.25) is 9.59 Å². The van der Waals surface area contributed by atoms with Crippen molar-refractivity contribution >= 4 is 11.8 Å². The highest BCUT2D eigenvalue weighted by atomic mass is 16.5. The van der Waals surface area contributed by atoms with Gasteiger partial charge >= 0.3 is 0 Å². The molecular weight excluding hydrogens is 376 g/mol. The van der Waals surface area contributed by atoms with Crippen LogP contribution in [-0.4, -0.2) is 35.4 Å². The highest BCUT2D eigenvalue weighted by Gasteiger charge is 2.29. The van der Waals surface area contributed by atoms with Gasteiger partial charge in [0.2, 0.25) is 5.91 Å². The summed E-state index contributed by atoms with van der Waals surface area (Å²) in [5, 5.41) is 2.94. The Morgan fingerprint density at radius 2 is 1.70 bits per heavy atom. The SMILES string of the molecule is CCc1ccc(OCC(=O)N(Cc2ccccc2C)[C@H](CC)C(=O)NC(C)C)cc1. The Hall–Kier alpha value is -2.82. The van der Waals surface area contributed by atoms with E-state index in [1.165, 1.54) is 5.56 Å². The lowest BCUT2D eigenvalue weighted by atomic mass is 10.1. The van der Waals surface area contributed by atoms with Gasteiger partial charge in [-0.15, -0.1) is 0 Å². The second kappa shape index (κ2) is 11.4. The van der Waals surface area contributed by atoms with Crippen molar-refractivity contribution in [3.8, 4) is 5.75 Å². The van der Waals surface area contributed by atoms with Gasteiger partial charge in [-0.1, -0.05) is 50.2 Å². The van der Waals surface area contributed by atoms with Crippen LogP contribution in [0.1, 0.15) is 50.8 Å². The summed E-state index contributed by atoms with van der Waals surface area (Å²) in [6, 6.07) is 15.1. The highest BCUT2D eigenvalue weighted by molar-refractivity contribution is 5.88. The van der Waals surface area contributed by atoms with Gasteiger partial charge in [0.05, 0.1) is 0 Å². The molecular formula is C25H34N2O3. The van der Waals surface area contributed by atoms with Crippen molar-refractivity contribution in [1.82, 2.24) is 10.2 Å². The van der Waals surface area contributed by atoms with Crippen molar-refractivity contribution in [3.63, 3.8) is 0 Å². The van der Waals surface area contributed by atoms with Crippen LogP contribution >= 0.6 is 0 Å². The van der Waals surface area contributed by atoms with Crippen molar-refractivity contribution < 1.29 is 14.3 Å². The Labute approximate surface area is 180 Å². The number of hydrogen-bond donors (Lipinski definition) is 1. The predicted molar refractivity (Wildman–Crippen MR) is 120 cm³/mol. The quantitative estimate of drug-likeness (QED) is 0.636. The number of aryl methyl sites for hydroxylation is 2. The lowest BCUT2D eigenvalue weighted by Crippen LogP contribution is -2.51. The average molecular weight is 411 g/mol. The molecule has 0 radical (unpaired) electrons. The molecule has 2 amide bonds. The Bertz CT molecular complexity index is 831. The second-order valence-electron chi connectivity index (χ2n) is 7.82. The number of carbonyl (C=O) groups is 2. The first-order valence-corrected chi connectivity index (χ1v) is 10.7. The fourth-order valence-corrected chi connectivity index (χ4v) is 3.32. The number of hydrogen-bond acceptors (Lipinski definition) is 3. The molecule has 0 saturated carbocycles. The van der Waals surface area contributed by atoms with Gasteiger partial charge in [-0.2, -0.15) is 0 Å². The van der Waals surface area contributed by atoms with Crippen LogP contribution in [0.3, 0.4) is 0 Å². The van der Waals surface area contributed by atoms with Gasteiger partial charge in [0.25, 0.3) is 5.91 Å². The van der Waals surface area contributed by atoms with Gasteiger partial charge in [-0.25, -0.2) is 0 Å². The summed E-state index contributed by atoms with van der Waals surface area (Å²) < 4.78 is 5.75. The van der Waals surface area contributed by atoms with E-state index in [1.807, 2.05) is 76.2 Å². The average Bonchev–Trinajstić information content (AvgIpc) is 2.73. The highest BCUT2D eigenvalue weighted by Crippen LogP contribution is 2.17. The molecule has 2 aromatic rings. The third-order valence-corrected chi connectivity index (χ3v) is 5.11. The zero-order chi connectivity index (χ0) is 22.1. The van der Waals surface area contributed by atoms with Crippen LogP contribution in [0.2, 0.25) is 0 Å². The summed E-state index contributed by atoms with van der Waals surface area (Å²) >= 11 is 0. The van der Waals surface area contributed by atoms with Gasteiger partial charge in [0.1, 0.15) is 11.8 Å². The molecule has 1 atom stereocenters. The standard InChI is InChI=1S/C25H34N2O3/c1-6-20-12-14-22(15-13-20)30-17-24(28)27(16-21-11-9-8-10-19(21)5)23(7-2)25(29)26-18(3)4/h8-15,18,23H,6-7,16-17H2,1-5H3,(H,26,29)/t23-/m1/s1. The molecule has 0 saturated heterocycles. The third kappa shape index (κ3) is 6.61. The summed E-state index contributed by atoms with van der Waals surface area (Å²) in [5.74, 6) is 0.307. The fourth-order valence-electron chi connectivity index (χ4n) is 3.32. The van der Waals surface area contributed by atoms with Crippen LogP contribution in [-0.2, 0) is 22.6 Å².